The third kappa shape index (κ3) is 3.40. The van der Waals surface area contributed by atoms with Crippen molar-refractivity contribution < 1.29 is 33.7 Å². The van der Waals surface area contributed by atoms with Crippen LogP contribution in [0.1, 0.15) is 30.9 Å². The van der Waals surface area contributed by atoms with Crippen molar-refractivity contribution in [3.05, 3.63) is 70.9 Å². The highest BCUT2D eigenvalue weighted by Crippen LogP contribution is 2.52. The van der Waals surface area contributed by atoms with Crippen LogP contribution in [0.15, 0.2) is 59.0 Å². The molecule has 7 nitrogen and oxygen atoms in total. The van der Waals surface area contributed by atoms with Crippen molar-refractivity contribution in [1.82, 2.24) is 0 Å². The van der Waals surface area contributed by atoms with Crippen molar-refractivity contribution in [2.75, 3.05) is 13.2 Å². The minimum absolute atomic E-state index is 0.0121. The standard InChI is InChI=1S/C24H24FNO6/c1-3-31-15-7-6-14-12-26-22-21(32-4-2)20(29)19(23(30)24(14,22)11-15)16-8-5-13(9-17(16)25)10-18(27)28/h5-9,11-12,19,21,23,30H,3-4,10H2,1-2H3,(H,27,28). The summed E-state index contributed by atoms with van der Waals surface area (Å²) in [6.07, 6.45) is 4.06. The van der Waals surface area contributed by atoms with Crippen LogP contribution < -0.4 is 0 Å². The van der Waals surface area contributed by atoms with Gasteiger partial charge in [0.05, 0.1) is 36.2 Å². The minimum atomic E-state index is -1.36. The fourth-order valence-electron chi connectivity index (χ4n) is 4.71. The van der Waals surface area contributed by atoms with Gasteiger partial charge in [0.25, 0.3) is 0 Å². The van der Waals surface area contributed by atoms with E-state index in [-0.39, 0.29) is 24.2 Å². The summed E-state index contributed by atoms with van der Waals surface area (Å²) in [5.74, 6) is -3.07. The molecule has 2 N–H and O–H groups in total. The van der Waals surface area contributed by atoms with E-state index in [0.717, 1.165) is 6.07 Å². The molecule has 0 aromatic heterocycles. The molecule has 1 aromatic carbocycles. The van der Waals surface area contributed by atoms with Crippen LogP contribution >= 0.6 is 0 Å². The van der Waals surface area contributed by atoms with Gasteiger partial charge >= 0.3 is 5.97 Å². The summed E-state index contributed by atoms with van der Waals surface area (Å²) in [6.45, 7) is 4.21. The second-order valence-corrected chi connectivity index (χ2v) is 7.87. The lowest BCUT2D eigenvalue weighted by Gasteiger charge is -2.46. The first kappa shape index (κ1) is 22.1. The number of hydrogen-bond donors (Lipinski definition) is 2. The molecule has 1 aliphatic heterocycles. The van der Waals surface area contributed by atoms with Crippen LogP contribution in [-0.2, 0) is 25.5 Å². The first-order valence-corrected chi connectivity index (χ1v) is 10.5. The van der Waals surface area contributed by atoms with E-state index in [1.807, 2.05) is 6.92 Å². The van der Waals surface area contributed by atoms with Gasteiger partial charge < -0.3 is 19.7 Å². The molecule has 0 amide bonds. The summed E-state index contributed by atoms with van der Waals surface area (Å²) < 4.78 is 26.5. The molecule has 4 rings (SSSR count). The van der Waals surface area contributed by atoms with E-state index in [2.05, 4.69) is 4.99 Å². The quantitative estimate of drug-likeness (QED) is 0.674. The predicted octanol–water partition coefficient (Wildman–Crippen LogP) is 2.70. The number of ketones is 1. The molecule has 8 heteroatoms. The van der Waals surface area contributed by atoms with Gasteiger partial charge in [-0.1, -0.05) is 18.2 Å². The summed E-state index contributed by atoms with van der Waals surface area (Å²) in [4.78, 5) is 28.8. The highest BCUT2D eigenvalue weighted by atomic mass is 19.1. The number of Topliss-reactive ketones (excluding diaryl/α,β-unsaturated/α-hetero) is 1. The number of halogens is 1. The van der Waals surface area contributed by atoms with E-state index in [1.165, 1.54) is 12.1 Å². The molecule has 1 heterocycles. The number of ether oxygens (including phenoxy) is 2. The summed E-state index contributed by atoms with van der Waals surface area (Å²) in [5.41, 5.74) is 0.0750. The smallest absolute Gasteiger partial charge is 0.307 e. The number of benzene rings is 1. The molecule has 0 bridgehead atoms. The summed E-state index contributed by atoms with van der Waals surface area (Å²) in [7, 11) is 0. The summed E-state index contributed by atoms with van der Waals surface area (Å²) >= 11 is 0. The van der Waals surface area contributed by atoms with E-state index < -0.39 is 41.1 Å². The number of rotatable bonds is 7. The van der Waals surface area contributed by atoms with Crippen LogP contribution in [0.5, 0.6) is 0 Å². The van der Waals surface area contributed by atoms with Crippen molar-refractivity contribution >= 4 is 17.5 Å². The number of carboxylic acid groups (broad SMARTS) is 1. The van der Waals surface area contributed by atoms with E-state index in [4.69, 9.17) is 14.6 Å². The Morgan fingerprint density at radius 1 is 1.25 bits per heavy atom. The number of carboxylic acids is 1. The number of aliphatic carboxylic acids is 1. The molecule has 4 unspecified atom stereocenters. The van der Waals surface area contributed by atoms with Gasteiger partial charge in [0.2, 0.25) is 0 Å². The van der Waals surface area contributed by atoms with Crippen LogP contribution in [0, 0.1) is 11.2 Å². The van der Waals surface area contributed by atoms with Gasteiger partial charge in [0.15, 0.2) is 11.9 Å². The van der Waals surface area contributed by atoms with Gasteiger partial charge in [0, 0.05) is 18.4 Å². The van der Waals surface area contributed by atoms with E-state index in [9.17, 15) is 14.7 Å². The van der Waals surface area contributed by atoms with Crippen molar-refractivity contribution in [3.8, 4) is 0 Å². The van der Waals surface area contributed by atoms with Crippen LogP contribution in [0.25, 0.3) is 0 Å². The third-order valence-electron chi connectivity index (χ3n) is 6.04. The molecule has 1 fully saturated rings. The lowest BCUT2D eigenvalue weighted by molar-refractivity contribution is -0.136. The minimum Gasteiger partial charge on any atom is -0.494 e. The highest BCUT2D eigenvalue weighted by Gasteiger charge is 2.60. The maximum absolute atomic E-state index is 15.1. The lowest BCUT2D eigenvalue weighted by Crippen LogP contribution is -2.59. The average Bonchev–Trinajstić information content (AvgIpc) is 3.13. The molecule has 32 heavy (non-hydrogen) atoms. The Morgan fingerprint density at radius 2 is 2.03 bits per heavy atom. The first-order chi connectivity index (χ1) is 15.3. The maximum atomic E-state index is 15.1. The predicted molar refractivity (Wildman–Crippen MR) is 114 cm³/mol. The van der Waals surface area contributed by atoms with Crippen LogP contribution in [0.4, 0.5) is 4.39 Å². The molecule has 1 spiro atoms. The van der Waals surface area contributed by atoms with E-state index in [1.54, 1.807) is 31.4 Å². The second kappa shape index (κ2) is 8.44. The largest absolute Gasteiger partial charge is 0.494 e. The van der Waals surface area contributed by atoms with Crippen LogP contribution in [0.3, 0.4) is 0 Å². The normalized spacial score (nSPS) is 28.4. The van der Waals surface area contributed by atoms with Gasteiger partial charge in [-0.15, -0.1) is 0 Å². The fraction of sp³-hybridized carbons (Fsp3) is 0.375. The number of aliphatic hydroxyl groups is 1. The van der Waals surface area contributed by atoms with Gasteiger partial charge in [-0.25, -0.2) is 4.39 Å². The monoisotopic (exact) mass is 441 g/mol. The van der Waals surface area contributed by atoms with Crippen molar-refractivity contribution in [1.29, 1.82) is 0 Å². The summed E-state index contributed by atoms with van der Waals surface area (Å²) in [6, 6.07) is 3.91. The number of aliphatic hydroxyl groups excluding tert-OH is 1. The Kier molecular flexibility index (Phi) is 5.83. The summed E-state index contributed by atoms with van der Waals surface area (Å²) in [5, 5.41) is 20.5. The van der Waals surface area contributed by atoms with Crippen molar-refractivity contribution in [3.63, 3.8) is 0 Å². The Balaban J connectivity index is 1.84. The second-order valence-electron chi connectivity index (χ2n) is 7.87. The molecule has 4 atom stereocenters. The zero-order valence-electron chi connectivity index (χ0n) is 17.7. The lowest BCUT2D eigenvalue weighted by atomic mass is 9.59. The van der Waals surface area contributed by atoms with E-state index in [0.29, 0.717) is 23.7 Å². The van der Waals surface area contributed by atoms with Gasteiger partial charge in [-0.3, -0.25) is 14.6 Å². The Hall–Kier alpha value is -3.10. The highest BCUT2D eigenvalue weighted by molar-refractivity contribution is 6.19. The SMILES string of the molecule is CCOC1=CC23C(=CN=C2C(OCC)C(=O)C(c2ccc(CC(=O)O)cc2F)C3O)C=C1. The fourth-order valence-corrected chi connectivity index (χ4v) is 4.71. The maximum Gasteiger partial charge on any atom is 0.307 e. The zero-order valence-corrected chi connectivity index (χ0v) is 17.7. The van der Waals surface area contributed by atoms with E-state index >= 15 is 4.39 Å². The molecule has 0 radical (unpaired) electrons. The molecule has 168 valence electrons. The zero-order chi connectivity index (χ0) is 23.0. The first-order valence-electron chi connectivity index (χ1n) is 10.5. The van der Waals surface area contributed by atoms with Crippen LogP contribution in [0.2, 0.25) is 0 Å². The Bertz CT molecular complexity index is 1090. The molecule has 1 saturated carbocycles. The van der Waals surface area contributed by atoms with Gasteiger partial charge in [0.1, 0.15) is 11.6 Å². The molecule has 2 aliphatic carbocycles. The molecular formula is C24H24FNO6. The number of carbonyl (C=O) groups is 2. The van der Waals surface area contributed by atoms with Crippen molar-refractivity contribution in [2.24, 2.45) is 10.4 Å². The molecular weight excluding hydrogens is 417 g/mol. The molecule has 1 aromatic rings. The number of hydrogen-bond acceptors (Lipinski definition) is 6. The van der Waals surface area contributed by atoms with Crippen LogP contribution in [-0.4, -0.2) is 53.1 Å². The van der Waals surface area contributed by atoms with Gasteiger partial charge in [-0.2, -0.15) is 0 Å². The molecule has 0 saturated heterocycles. The topological polar surface area (TPSA) is 105 Å². The Labute approximate surface area is 184 Å². The number of carbonyl (C=O) groups excluding carboxylic acids is 1. The average molecular weight is 441 g/mol. The van der Waals surface area contributed by atoms with Crippen molar-refractivity contribution in [2.45, 2.75) is 38.4 Å². The number of nitrogens with zero attached hydrogens (tertiary/aromatic N) is 1. The number of aliphatic imine (C=N–C) groups is 1. The molecule has 3 aliphatic rings. The van der Waals surface area contributed by atoms with Gasteiger partial charge in [-0.05, 0) is 43.2 Å². The third-order valence-corrected chi connectivity index (χ3v) is 6.04. The number of allylic oxidation sites excluding steroid dienone is 2. The Morgan fingerprint density at radius 3 is 2.69 bits per heavy atom.